The van der Waals surface area contributed by atoms with Crippen LogP contribution in [0.5, 0.6) is 11.5 Å². The van der Waals surface area contributed by atoms with E-state index in [1.54, 1.807) is 19.3 Å². The summed E-state index contributed by atoms with van der Waals surface area (Å²) in [6.45, 7) is 4.88. The number of aliphatic hydroxyl groups is 1. The van der Waals surface area contributed by atoms with E-state index in [9.17, 15) is 9.50 Å². The molecule has 0 saturated carbocycles. The number of para-hydroxylation sites is 1. The molecule has 2 heterocycles. The molecule has 2 saturated heterocycles. The molecular formula is C24H28FNO3. The van der Waals surface area contributed by atoms with Gasteiger partial charge in [-0.2, -0.15) is 0 Å². The second kappa shape index (κ2) is 8.17. The highest BCUT2D eigenvalue weighted by Crippen LogP contribution is 2.47. The van der Waals surface area contributed by atoms with Gasteiger partial charge in [-0.05, 0) is 49.4 Å². The van der Waals surface area contributed by atoms with Gasteiger partial charge >= 0.3 is 0 Å². The standard InChI is InChI=1S/C24H28FNO3/c1-3-12-29-23-17(6-4-9-22(23)28-2)16-26-20-10-11-21(26)15-24(27,14-20)18-7-5-8-19(25)13-18/h3-9,13,20-21,27H,1,10-12,14-16H2,2H3. The molecule has 154 valence electrons. The molecule has 4 nitrogen and oxygen atoms in total. The molecule has 0 aliphatic carbocycles. The topological polar surface area (TPSA) is 41.9 Å². The fraction of sp³-hybridized carbons (Fsp3) is 0.417. The Labute approximate surface area is 171 Å². The zero-order chi connectivity index (χ0) is 20.4. The van der Waals surface area contributed by atoms with Gasteiger partial charge in [0.25, 0.3) is 0 Å². The number of hydrogen-bond donors (Lipinski definition) is 1. The van der Waals surface area contributed by atoms with Crippen LogP contribution in [-0.2, 0) is 12.1 Å². The molecule has 2 aromatic rings. The van der Waals surface area contributed by atoms with E-state index in [0.717, 1.165) is 30.7 Å². The van der Waals surface area contributed by atoms with E-state index in [0.29, 0.717) is 30.8 Å². The Kier molecular flexibility index (Phi) is 5.61. The Morgan fingerprint density at radius 1 is 1.21 bits per heavy atom. The lowest BCUT2D eigenvalue weighted by atomic mass is 9.80. The molecule has 2 aliphatic rings. The number of rotatable bonds is 7. The summed E-state index contributed by atoms with van der Waals surface area (Å²) in [5, 5.41) is 11.3. The zero-order valence-corrected chi connectivity index (χ0v) is 16.8. The van der Waals surface area contributed by atoms with Gasteiger partial charge in [0.05, 0.1) is 12.7 Å². The monoisotopic (exact) mass is 397 g/mol. The van der Waals surface area contributed by atoms with E-state index >= 15 is 0 Å². The van der Waals surface area contributed by atoms with E-state index in [2.05, 4.69) is 17.5 Å². The zero-order valence-electron chi connectivity index (χ0n) is 16.8. The highest BCUT2D eigenvalue weighted by Gasteiger charge is 2.48. The van der Waals surface area contributed by atoms with Crippen molar-refractivity contribution in [3.8, 4) is 11.5 Å². The van der Waals surface area contributed by atoms with Gasteiger partial charge in [0.2, 0.25) is 0 Å². The molecule has 2 unspecified atom stereocenters. The summed E-state index contributed by atoms with van der Waals surface area (Å²) in [7, 11) is 1.64. The number of benzene rings is 2. The molecular weight excluding hydrogens is 369 g/mol. The third kappa shape index (κ3) is 3.89. The molecule has 2 fully saturated rings. The summed E-state index contributed by atoms with van der Waals surface area (Å²) < 4.78 is 25.1. The van der Waals surface area contributed by atoms with E-state index in [1.807, 2.05) is 18.2 Å². The van der Waals surface area contributed by atoms with Crippen LogP contribution in [-0.4, -0.2) is 35.8 Å². The van der Waals surface area contributed by atoms with Crippen LogP contribution in [0.2, 0.25) is 0 Å². The minimum absolute atomic E-state index is 0.250. The number of methoxy groups -OCH3 is 1. The molecule has 0 amide bonds. The Hall–Kier alpha value is -2.37. The van der Waals surface area contributed by atoms with Gasteiger partial charge in [-0.1, -0.05) is 36.9 Å². The second-order valence-electron chi connectivity index (χ2n) is 8.06. The van der Waals surface area contributed by atoms with Crippen LogP contribution in [0.1, 0.15) is 36.8 Å². The van der Waals surface area contributed by atoms with Crippen LogP contribution < -0.4 is 9.47 Å². The number of nitrogens with zero attached hydrogens (tertiary/aromatic N) is 1. The fourth-order valence-electron chi connectivity index (χ4n) is 4.94. The van der Waals surface area contributed by atoms with Crippen LogP contribution in [0.4, 0.5) is 4.39 Å². The van der Waals surface area contributed by atoms with Crippen molar-refractivity contribution in [3.63, 3.8) is 0 Å². The van der Waals surface area contributed by atoms with Crippen LogP contribution in [0.25, 0.3) is 0 Å². The van der Waals surface area contributed by atoms with Crippen molar-refractivity contribution in [2.24, 2.45) is 0 Å². The van der Waals surface area contributed by atoms with Gasteiger partial charge in [0.1, 0.15) is 12.4 Å². The molecule has 29 heavy (non-hydrogen) atoms. The summed E-state index contributed by atoms with van der Waals surface area (Å²) in [6, 6.07) is 12.8. The lowest BCUT2D eigenvalue weighted by molar-refractivity contribution is -0.0598. The van der Waals surface area contributed by atoms with Gasteiger partial charge in [-0.3, -0.25) is 4.90 Å². The van der Waals surface area contributed by atoms with Gasteiger partial charge in [0.15, 0.2) is 11.5 Å². The first-order valence-corrected chi connectivity index (χ1v) is 10.2. The minimum Gasteiger partial charge on any atom is -0.493 e. The summed E-state index contributed by atoms with van der Waals surface area (Å²) in [5.74, 6) is 1.16. The first kappa shape index (κ1) is 19.9. The maximum Gasteiger partial charge on any atom is 0.166 e. The molecule has 0 aromatic heterocycles. The van der Waals surface area contributed by atoms with Gasteiger partial charge < -0.3 is 14.6 Å². The SMILES string of the molecule is C=CCOc1c(CN2C3CCC2CC(O)(c2cccc(F)c2)C3)cccc1OC. The van der Waals surface area contributed by atoms with Crippen molar-refractivity contribution >= 4 is 0 Å². The van der Waals surface area contributed by atoms with Crippen LogP contribution in [0.3, 0.4) is 0 Å². The third-order valence-corrected chi connectivity index (χ3v) is 6.26. The number of hydrogen-bond acceptors (Lipinski definition) is 4. The minimum atomic E-state index is -0.971. The third-order valence-electron chi connectivity index (χ3n) is 6.26. The maximum atomic E-state index is 13.7. The average Bonchev–Trinajstić information content (AvgIpc) is 2.96. The molecule has 1 N–H and O–H groups in total. The summed E-state index contributed by atoms with van der Waals surface area (Å²) >= 11 is 0. The molecule has 0 radical (unpaired) electrons. The Bertz CT molecular complexity index is 870. The van der Waals surface area contributed by atoms with Crippen LogP contribution in [0.15, 0.2) is 55.1 Å². The van der Waals surface area contributed by atoms with Gasteiger partial charge in [-0.25, -0.2) is 4.39 Å². The highest BCUT2D eigenvalue weighted by molar-refractivity contribution is 5.47. The lowest BCUT2D eigenvalue weighted by Crippen LogP contribution is -2.49. The van der Waals surface area contributed by atoms with Crippen molar-refractivity contribution in [2.45, 2.75) is 49.9 Å². The van der Waals surface area contributed by atoms with E-state index in [4.69, 9.17) is 9.47 Å². The molecule has 2 aromatic carbocycles. The number of ether oxygens (including phenoxy) is 2. The largest absolute Gasteiger partial charge is 0.493 e. The lowest BCUT2D eigenvalue weighted by Gasteiger charge is -2.44. The Morgan fingerprint density at radius 2 is 1.93 bits per heavy atom. The quantitative estimate of drug-likeness (QED) is 0.703. The van der Waals surface area contributed by atoms with Crippen molar-refractivity contribution in [2.75, 3.05) is 13.7 Å². The van der Waals surface area contributed by atoms with Crippen LogP contribution in [0, 0.1) is 5.82 Å². The van der Waals surface area contributed by atoms with E-state index < -0.39 is 5.60 Å². The van der Waals surface area contributed by atoms with Gasteiger partial charge in [-0.15, -0.1) is 0 Å². The molecule has 2 atom stereocenters. The Balaban J connectivity index is 1.56. The summed E-state index contributed by atoms with van der Waals surface area (Å²) in [6.07, 6.45) is 5.02. The van der Waals surface area contributed by atoms with E-state index in [-0.39, 0.29) is 17.9 Å². The summed E-state index contributed by atoms with van der Waals surface area (Å²) in [5.41, 5.74) is 0.783. The molecule has 2 aliphatic heterocycles. The maximum absolute atomic E-state index is 13.7. The molecule has 4 rings (SSSR count). The molecule has 5 heteroatoms. The van der Waals surface area contributed by atoms with Crippen LogP contribution >= 0.6 is 0 Å². The highest BCUT2D eigenvalue weighted by atomic mass is 19.1. The number of halogens is 1. The van der Waals surface area contributed by atoms with Crippen molar-refractivity contribution in [1.82, 2.24) is 4.90 Å². The molecule has 2 bridgehead atoms. The summed E-state index contributed by atoms with van der Waals surface area (Å²) in [4.78, 5) is 2.46. The van der Waals surface area contributed by atoms with Crippen molar-refractivity contribution < 1.29 is 19.0 Å². The predicted molar refractivity (Wildman–Crippen MR) is 111 cm³/mol. The number of fused-ring (bicyclic) bond motifs is 2. The smallest absolute Gasteiger partial charge is 0.166 e. The van der Waals surface area contributed by atoms with E-state index in [1.165, 1.54) is 12.1 Å². The normalized spacial score (nSPS) is 26.3. The fourth-order valence-corrected chi connectivity index (χ4v) is 4.94. The van der Waals surface area contributed by atoms with Crippen molar-refractivity contribution in [3.05, 3.63) is 72.1 Å². The molecule has 0 spiro atoms. The average molecular weight is 397 g/mol. The Morgan fingerprint density at radius 3 is 2.59 bits per heavy atom. The second-order valence-corrected chi connectivity index (χ2v) is 8.06. The predicted octanol–water partition coefficient (Wildman–Crippen LogP) is 4.41. The first-order chi connectivity index (χ1) is 14.0. The van der Waals surface area contributed by atoms with Crippen molar-refractivity contribution in [1.29, 1.82) is 0 Å². The number of piperidine rings is 1. The van der Waals surface area contributed by atoms with Gasteiger partial charge in [0, 0.05) is 24.2 Å². The first-order valence-electron chi connectivity index (χ1n) is 10.2.